The molecule has 0 fully saturated rings. The van der Waals surface area contributed by atoms with Crippen molar-refractivity contribution in [2.45, 2.75) is 44.2 Å². The Balaban J connectivity index is 2.70. The highest BCUT2D eigenvalue weighted by Gasteiger charge is 2.40. The van der Waals surface area contributed by atoms with Crippen LogP contribution in [0.15, 0.2) is 52.0 Å². The number of hydrogen-bond acceptors (Lipinski definition) is 3. The first-order chi connectivity index (χ1) is 16.5. The summed E-state index contributed by atoms with van der Waals surface area (Å²) in [5.41, 5.74) is -1.13. The summed E-state index contributed by atoms with van der Waals surface area (Å²) < 4.78 is 81.5. The van der Waals surface area contributed by atoms with Gasteiger partial charge in [0.2, 0.25) is 0 Å². The summed E-state index contributed by atoms with van der Waals surface area (Å²) in [6.07, 6.45) is -5.41. The molecule has 4 nitrogen and oxygen atoms in total. The minimum absolute atomic E-state index is 0.0271. The summed E-state index contributed by atoms with van der Waals surface area (Å²) >= 11 is 12.8. The van der Waals surface area contributed by atoms with E-state index >= 15 is 0 Å². The highest BCUT2D eigenvalue weighted by molar-refractivity contribution is 7.98. The van der Waals surface area contributed by atoms with Crippen LogP contribution in [0.2, 0.25) is 0 Å². The van der Waals surface area contributed by atoms with Gasteiger partial charge in [0, 0.05) is 21.2 Å². The smallest absolute Gasteiger partial charge is 0.341 e. The van der Waals surface area contributed by atoms with Crippen LogP contribution in [0.3, 0.4) is 0 Å². The lowest BCUT2D eigenvalue weighted by Gasteiger charge is -2.18. The molecule has 0 aliphatic heterocycles. The zero-order valence-electron chi connectivity index (χ0n) is 19.4. The summed E-state index contributed by atoms with van der Waals surface area (Å²) in [7, 11) is 0. The molecule has 36 heavy (non-hydrogen) atoms. The van der Waals surface area contributed by atoms with Gasteiger partial charge in [0.15, 0.2) is 5.69 Å². The number of rotatable bonds is 7. The Labute approximate surface area is 218 Å². The van der Waals surface area contributed by atoms with Crippen LogP contribution < -0.4 is 5.32 Å². The van der Waals surface area contributed by atoms with Crippen molar-refractivity contribution in [3.63, 3.8) is 0 Å². The average Bonchev–Trinajstić information content (AvgIpc) is 3.11. The molecule has 0 saturated carbocycles. The van der Waals surface area contributed by atoms with Gasteiger partial charge in [-0.1, -0.05) is 29.8 Å². The average molecular weight is 572 g/mol. The van der Waals surface area contributed by atoms with Crippen molar-refractivity contribution in [2.24, 2.45) is 0 Å². The van der Waals surface area contributed by atoms with Gasteiger partial charge in [0.1, 0.15) is 11.1 Å². The first-order valence-corrected chi connectivity index (χ1v) is 12.1. The molecule has 2 aromatic rings. The fourth-order valence-corrected chi connectivity index (χ4v) is 4.16. The molecule has 1 atom stereocenters. The first kappa shape index (κ1) is 29.9. The Hall–Kier alpha value is -2.37. The summed E-state index contributed by atoms with van der Waals surface area (Å²) in [6, 6.07) is 1.79. The number of aromatic nitrogens is 2. The van der Waals surface area contributed by atoms with Gasteiger partial charge in [-0.15, -0.1) is 11.8 Å². The fraction of sp³-hybridized carbons (Fsp3) is 0.304. The molecule has 1 amide bonds. The van der Waals surface area contributed by atoms with Crippen LogP contribution in [0.25, 0.3) is 11.3 Å². The summed E-state index contributed by atoms with van der Waals surface area (Å²) in [5, 5.41) is 5.88. The Morgan fingerprint density at radius 2 is 1.81 bits per heavy atom. The number of carbonyl (C=O) groups is 1. The minimum Gasteiger partial charge on any atom is -0.341 e. The van der Waals surface area contributed by atoms with Gasteiger partial charge in [-0.2, -0.15) is 31.4 Å². The van der Waals surface area contributed by atoms with E-state index in [1.165, 1.54) is 44.2 Å². The molecular weight excluding hydrogens is 551 g/mol. The molecule has 1 unspecified atom stereocenters. The van der Waals surface area contributed by atoms with Gasteiger partial charge in [-0.05, 0) is 68.5 Å². The van der Waals surface area contributed by atoms with Crippen molar-refractivity contribution < 1.29 is 31.1 Å². The fourth-order valence-electron chi connectivity index (χ4n) is 3.18. The molecule has 1 aromatic carbocycles. The van der Waals surface area contributed by atoms with Gasteiger partial charge < -0.3 is 5.32 Å². The van der Waals surface area contributed by atoms with Gasteiger partial charge in [-0.25, -0.2) is 4.68 Å². The predicted molar refractivity (Wildman–Crippen MR) is 131 cm³/mol. The first-order valence-electron chi connectivity index (χ1n) is 10.1. The quantitative estimate of drug-likeness (QED) is 0.209. The Morgan fingerprint density at radius 3 is 2.25 bits per heavy atom. The third-order valence-electron chi connectivity index (χ3n) is 4.80. The lowest BCUT2D eigenvalue weighted by atomic mass is 10.0. The van der Waals surface area contributed by atoms with Crippen molar-refractivity contribution in [2.75, 3.05) is 6.26 Å². The number of carbonyl (C=O) groups excluding carboxylic acids is 1. The van der Waals surface area contributed by atoms with Gasteiger partial charge in [-0.3, -0.25) is 4.79 Å². The molecule has 0 spiro atoms. The molecule has 2 rings (SSSR count). The van der Waals surface area contributed by atoms with Gasteiger partial charge >= 0.3 is 12.4 Å². The van der Waals surface area contributed by atoms with E-state index < -0.39 is 30.0 Å². The second-order valence-electron chi connectivity index (χ2n) is 7.66. The third kappa shape index (κ3) is 7.10. The molecule has 0 radical (unpaired) electrons. The van der Waals surface area contributed by atoms with E-state index in [1.807, 2.05) is 5.32 Å². The maximum absolute atomic E-state index is 14.0. The molecule has 0 aliphatic carbocycles. The maximum atomic E-state index is 14.0. The highest BCUT2D eigenvalue weighted by Crippen LogP contribution is 2.41. The molecule has 1 aromatic heterocycles. The lowest BCUT2D eigenvalue weighted by Crippen LogP contribution is -2.43. The van der Waals surface area contributed by atoms with Crippen molar-refractivity contribution in [1.82, 2.24) is 15.1 Å². The number of benzene rings is 1. The number of allylic oxidation sites excluding steroid dienone is 5. The standard InChI is InChI=1S/C23H21Cl2F6N3OS/c1-11-8-16(6-7-17(11)20(35)32-14(4)22(26,27)28)34-21(36-5)18(19(33-34)23(29,30)31)15(9-12(2)24)10-13(3)25/h6-10,14H,2H2,1,3-5H3,(H,32,35). The number of hydrogen-bond donors (Lipinski definition) is 1. The van der Waals surface area contributed by atoms with Crippen LogP contribution in [-0.2, 0) is 6.18 Å². The van der Waals surface area contributed by atoms with E-state index in [2.05, 4.69) is 11.7 Å². The normalized spacial score (nSPS) is 14.1. The largest absolute Gasteiger partial charge is 0.435 e. The van der Waals surface area contributed by atoms with Gasteiger partial charge in [0.25, 0.3) is 5.91 Å². The van der Waals surface area contributed by atoms with Crippen LogP contribution in [0.5, 0.6) is 0 Å². The molecule has 1 N–H and O–H groups in total. The minimum atomic E-state index is -4.85. The zero-order chi connectivity index (χ0) is 27.6. The summed E-state index contributed by atoms with van der Waals surface area (Å²) in [4.78, 5) is 12.3. The summed E-state index contributed by atoms with van der Waals surface area (Å²) in [6.45, 7) is 7.24. The Kier molecular flexibility index (Phi) is 9.41. The topological polar surface area (TPSA) is 46.9 Å². The van der Waals surface area contributed by atoms with Crippen LogP contribution in [0.4, 0.5) is 26.3 Å². The molecule has 1 heterocycles. The van der Waals surface area contributed by atoms with Gasteiger partial charge in [0.05, 0.1) is 5.69 Å². The molecule has 0 saturated heterocycles. The highest BCUT2D eigenvalue weighted by atomic mass is 35.5. The van der Waals surface area contributed by atoms with Crippen molar-refractivity contribution >= 4 is 46.4 Å². The van der Waals surface area contributed by atoms with E-state index in [9.17, 15) is 31.1 Å². The SMILES string of the molecule is C=C(Cl)C=C(C=C(C)Cl)c1c(C(F)(F)F)nn(-c2ccc(C(=O)NC(C)C(F)(F)F)c(C)c2)c1SC. The molecule has 13 heteroatoms. The predicted octanol–water partition coefficient (Wildman–Crippen LogP) is 7.88. The molecule has 0 aliphatic rings. The van der Waals surface area contributed by atoms with E-state index in [0.29, 0.717) is 0 Å². The monoisotopic (exact) mass is 571 g/mol. The molecule has 196 valence electrons. The number of amides is 1. The lowest BCUT2D eigenvalue weighted by molar-refractivity contribution is -0.149. The zero-order valence-corrected chi connectivity index (χ0v) is 21.7. The Morgan fingerprint density at radius 1 is 1.19 bits per heavy atom. The number of thioether (sulfide) groups is 1. The maximum Gasteiger partial charge on any atom is 0.435 e. The van der Waals surface area contributed by atoms with Crippen LogP contribution >= 0.6 is 35.0 Å². The number of nitrogens with one attached hydrogen (secondary N) is 1. The van der Waals surface area contributed by atoms with Crippen LogP contribution in [0, 0.1) is 6.92 Å². The molecule has 0 bridgehead atoms. The number of aryl methyl sites for hydroxylation is 1. The second kappa shape index (κ2) is 11.4. The van der Waals surface area contributed by atoms with Crippen LogP contribution in [0.1, 0.15) is 41.0 Å². The third-order valence-corrected chi connectivity index (χ3v) is 5.78. The van der Waals surface area contributed by atoms with E-state index in [-0.39, 0.29) is 43.0 Å². The van der Waals surface area contributed by atoms with Crippen molar-refractivity contribution in [3.8, 4) is 5.69 Å². The number of alkyl halides is 6. The van der Waals surface area contributed by atoms with E-state index in [4.69, 9.17) is 23.2 Å². The van der Waals surface area contributed by atoms with E-state index in [1.54, 1.807) is 6.26 Å². The summed E-state index contributed by atoms with van der Waals surface area (Å²) in [5.74, 6) is -0.973. The molecular formula is C23H21Cl2F6N3OS. The number of nitrogens with zero attached hydrogens (tertiary/aromatic N) is 2. The van der Waals surface area contributed by atoms with Crippen molar-refractivity contribution in [1.29, 1.82) is 0 Å². The Bertz CT molecular complexity index is 1230. The second-order valence-corrected chi connectivity index (χ2v) is 9.53. The van der Waals surface area contributed by atoms with Crippen molar-refractivity contribution in [3.05, 3.63) is 69.4 Å². The van der Waals surface area contributed by atoms with Crippen LogP contribution in [-0.4, -0.2) is 34.2 Å². The van der Waals surface area contributed by atoms with E-state index in [0.717, 1.165) is 23.4 Å². The number of halogens is 8.